The van der Waals surface area contributed by atoms with Gasteiger partial charge in [0.25, 0.3) is 5.91 Å². The number of carbonyl (C=O) groups is 1. The van der Waals surface area contributed by atoms with Gasteiger partial charge in [0.2, 0.25) is 10.0 Å². The number of nitrogens with one attached hydrogen (secondary N) is 1. The van der Waals surface area contributed by atoms with Crippen molar-refractivity contribution in [1.82, 2.24) is 4.31 Å². The van der Waals surface area contributed by atoms with Crippen LogP contribution in [0.4, 0.5) is 5.69 Å². The third kappa shape index (κ3) is 4.89. The molecule has 1 saturated heterocycles. The van der Waals surface area contributed by atoms with Crippen molar-refractivity contribution in [3.05, 3.63) is 48.0 Å². The van der Waals surface area contributed by atoms with Gasteiger partial charge in [0.05, 0.1) is 13.2 Å². The second-order valence-corrected chi connectivity index (χ2v) is 9.03. The van der Waals surface area contributed by atoms with Crippen molar-refractivity contribution in [3.8, 4) is 11.5 Å². The molecule has 29 heavy (non-hydrogen) atoms. The Labute approximate surface area is 171 Å². The van der Waals surface area contributed by atoms with Crippen molar-refractivity contribution in [2.75, 3.05) is 25.5 Å². The third-order valence-corrected chi connectivity index (χ3v) is 6.51. The molecular formula is C21H26N2O5S. The first-order valence-electron chi connectivity index (χ1n) is 9.57. The molecule has 0 saturated carbocycles. The van der Waals surface area contributed by atoms with Crippen molar-refractivity contribution >= 4 is 21.6 Å². The van der Waals surface area contributed by atoms with Crippen LogP contribution in [0.1, 0.15) is 37.0 Å². The Kier molecular flexibility index (Phi) is 6.44. The van der Waals surface area contributed by atoms with Gasteiger partial charge in [-0.25, -0.2) is 8.42 Å². The lowest BCUT2D eigenvalue weighted by Crippen LogP contribution is -2.28. The molecule has 1 heterocycles. The highest BCUT2D eigenvalue weighted by Crippen LogP contribution is 2.30. The van der Waals surface area contributed by atoms with E-state index in [4.69, 9.17) is 9.47 Å². The number of carbonyl (C=O) groups excluding carboxylic acids is 1. The molecule has 1 fully saturated rings. The minimum Gasteiger partial charge on any atom is -0.495 e. The van der Waals surface area contributed by atoms with Gasteiger partial charge < -0.3 is 14.8 Å². The lowest BCUT2D eigenvalue weighted by atomic mass is 10.2. The fraction of sp³-hybridized carbons (Fsp3) is 0.381. The summed E-state index contributed by atoms with van der Waals surface area (Å²) in [5, 5.41) is 2.78. The van der Waals surface area contributed by atoms with Crippen molar-refractivity contribution in [3.63, 3.8) is 0 Å². The van der Waals surface area contributed by atoms with Crippen LogP contribution in [0, 0.1) is 0 Å². The van der Waals surface area contributed by atoms with Gasteiger partial charge in [-0.2, -0.15) is 4.31 Å². The minimum absolute atomic E-state index is 0.00947. The molecule has 0 bridgehead atoms. The van der Waals surface area contributed by atoms with E-state index in [9.17, 15) is 13.2 Å². The van der Waals surface area contributed by atoms with Crippen LogP contribution in [0.2, 0.25) is 0 Å². The van der Waals surface area contributed by atoms with E-state index in [1.165, 1.54) is 23.5 Å². The second kappa shape index (κ2) is 8.84. The van der Waals surface area contributed by atoms with Gasteiger partial charge in [-0.15, -0.1) is 0 Å². The lowest BCUT2D eigenvalue weighted by molar-refractivity contribution is 0.102. The maximum Gasteiger partial charge on any atom is 0.255 e. The highest BCUT2D eigenvalue weighted by atomic mass is 32.2. The summed E-state index contributed by atoms with van der Waals surface area (Å²) in [6.45, 7) is 4.83. The summed E-state index contributed by atoms with van der Waals surface area (Å²) in [6, 6.07) is 11.4. The molecule has 1 N–H and O–H groups in total. The number of hydrogen-bond acceptors (Lipinski definition) is 5. The number of methoxy groups -OCH3 is 1. The van der Waals surface area contributed by atoms with Crippen LogP contribution < -0.4 is 14.8 Å². The molecule has 0 atom stereocenters. The molecule has 2 aromatic carbocycles. The first-order valence-corrected chi connectivity index (χ1v) is 11.0. The smallest absolute Gasteiger partial charge is 0.255 e. The van der Waals surface area contributed by atoms with E-state index in [0.29, 0.717) is 24.5 Å². The number of nitrogens with zero attached hydrogens (tertiary/aromatic N) is 1. The van der Waals surface area contributed by atoms with E-state index < -0.39 is 15.9 Å². The summed E-state index contributed by atoms with van der Waals surface area (Å²) < 4.78 is 38.2. The van der Waals surface area contributed by atoms with Crippen LogP contribution >= 0.6 is 0 Å². The molecule has 1 aliphatic rings. The Morgan fingerprint density at radius 2 is 1.72 bits per heavy atom. The van der Waals surface area contributed by atoms with E-state index in [1.807, 2.05) is 13.8 Å². The zero-order valence-electron chi connectivity index (χ0n) is 16.8. The first kappa shape index (κ1) is 21.1. The minimum atomic E-state index is -3.72. The average molecular weight is 419 g/mol. The van der Waals surface area contributed by atoms with E-state index in [1.54, 1.807) is 30.3 Å². The molecular weight excluding hydrogens is 392 g/mol. The summed E-state index contributed by atoms with van der Waals surface area (Å²) in [5.41, 5.74) is 0.831. The standard InChI is InChI=1S/C21H26N2O5S/c1-15(2)28-18-9-7-17(8-10-18)22-21(24)16-6-11-19(27-3)20(14-16)29(25,26)23-12-4-5-13-23/h6-11,14-15H,4-5,12-13H2,1-3H3,(H,22,24). The van der Waals surface area contributed by atoms with Crippen LogP contribution in [0.5, 0.6) is 11.5 Å². The van der Waals surface area contributed by atoms with Gasteiger partial charge in [0.1, 0.15) is 16.4 Å². The van der Waals surface area contributed by atoms with Crippen molar-refractivity contribution in [2.45, 2.75) is 37.7 Å². The number of sulfonamides is 1. The van der Waals surface area contributed by atoms with Gasteiger partial charge >= 0.3 is 0 Å². The third-order valence-electron chi connectivity index (χ3n) is 4.59. The predicted octanol–water partition coefficient (Wildman–Crippen LogP) is 3.52. The number of hydrogen-bond donors (Lipinski definition) is 1. The molecule has 1 amide bonds. The molecule has 156 valence electrons. The van der Waals surface area contributed by atoms with E-state index in [-0.39, 0.29) is 22.3 Å². The van der Waals surface area contributed by atoms with Gasteiger partial charge in [-0.05, 0) is 69.2 Å². The lowest BCUT2D eigenvalue weighted by Gasteiger charge is -2.18. The molecule has 0 aliphatic carbocycles. The Bertz CT molecular complexity index is 965. The van der Waals surface area contributed by atoms with Crippen LogP contribution in [0.25, 0.3) is 0 Å². The van der Waals surface area contributed by atoms with E-state index >= 15 is 0 Å². The molecule has 1 aliphatic heterocycles. The zero-order chi connectivity index (χ0) is 21.0. The molecule has 2 aromatic rings. The Balaban J connectivity index is 1.82. The predicted molar refractivity (Wildman–Crippen MR) is 111 cm³/mol. The summed E-state index contributed by atoms with van der Waals surface area (Å²) in [4.78, 5) is 12.7. The van der Waals surface area contributed by atoms with Crippen molar-refractivity contribution < 1.29 is 22.7 Å². The topological polar surface area (TPSA) is 84.9 Å². The quantitative estimate of drug-likeness (QED) is 0.744. The van der Waals surface area contributed by atoms with Crippen LogP contribution in [-0.2, 0) is 10.0 Å². The van der Waals surface area contributed by atoms with Crippen LogP contribution in [-0.4, -0.2) is 44.9 Å². The van der Waals surface area contributed by atoms with E-state index in [0.717, 1.165) is 12.8 Å². The summed E-state index contributed by atoms with van der Waals surface area (Å²) in [7, 11) is -2.30. The van der Waals surface area contributed by atoms with Gasteiger partial charge in [0.15, 0.2) is 0 Å². The van der Waals surface area contributed by atoms with E-state index in [2.05, 4.69) is 5.32 Å². The second-order valence-electron chi connectivity index (χ2n) is 7.12. The normalized spacial score (nSPS) is 14.8. The summed E-state index contributed by atoms with van der Waals surface area (Å²) in [5.74, 6) is 0.535. The molecule has 0 unspecified atom stereocenters. The van der Waals surface area contributed by atoms with Gasteiger partial charge in [-0.1, -0.05) is 0 Å². The summed E-state index contributed by atoms with van der Waals surface area (Å²) in [6.07, 6.45) is 1.72. The highest BCUT2D eigenvalue weighted by molar-refractivity contribution is 7.89. The van der Waals surface area contributed by atoms with Gasteiger partial charge in [-0.3, -0.25) is 4.79 Å². The fourth-order valence-corrected chi connectivity index (χ4v) is 4.88. The molecule has 0 spiro atoms. The van der Waals surface area contributed by atoms with Crippen molar-refractivity contribution in [1.29, 1.82) is 0 Å². The Hall–Kier alpha value is -2.58. The van der Waals surface area contributed by atoms with Crippen molar-refractivity contribution in [2.24, 2.45) is 0 Å². The number of rotatable bonds is 7. The first-order chi connectivity index (χ1) is 13.8. The zero-order valence-corrected chi connectivity index (χ0v) is 17.7. The Morgan fingerprint density at radius 1 is 1.07 bits per heavy atom. The maximum absolute atomic E-state index is 13.0. The molecule has 0 radical (unpaired) electrons. The molecule has 3 rings (SSSR count). The summed E-state index contributed by atoms with van der Waals surface area (Å²) >= 11 is 0. The number of amides is 1. The monoisotopic (exact) mass is 418 g/mol. The number of anilines is 1. The maximum atomic E-state index is 13.0. The SMILES string of the molecule is COc1ccc(C(=O)Nc2ccc(OC(C)C)cc2)cc1S(=O)(=O)N1CCCC1. The fourth-order valence-electron chi connectivity index (χ4n) is 3.18. The number of benzene rings is 2. The largest absolute Gasteiger partial charge is 0.495 e. The highest BCUT2D eigenvalue weighted by Gasteiger charge is 2.30. The van der Waals surface area contributed by atoms with Crippen LogP contribution in [0.3, 0.4) is 0 Å². The molecule has 7 nitrogen and oxygen atoms in total. The van der Waals surface area contributed by atoms with Gasteiger partial charge in [0, 0.05) is 24.3 Å². The molecule has 8 heteroatoms. The average Bonchev–Trinajstić information content (AvgIpc) is 3.24. The Morgan fingerprint density at radius 3 is 2.31 bits per heavy atom. The van der Waals surface area contributed by atoms with Crippen LogP contribution in [0.15, 0.2) is 47.4 Å². The number of ether oxygens (including phenoxy) is 2. The molecule has 0 aromatic heterocycles.